The second-order valence-corrected chi connectivity index (χ2v) is 7.00. The Morgan fingerprint density at radius 2 is 2.00 bits per heavy atom. The van der Waals surface area contributed by atoms with Gasteiger partial charge < -0.3 is 10.3 Å². The van der Waals surface area contributed by atoms with Gasteiger partial charge in [-0.25, -0.2) is 4.98 Å². The maximum Gasteiger partial charge on any atom is 0.114 e. The van der Waals surface area contributed by atoms with Crippen molar-refractivity contribution in [2.45, 2.75) is 53.0 Å². The fraction of sp³-hybridized carbons (Fsp3) is 0.625. The molecule has 0 saturated heterocycles. The Kier molecular flexibility index (Phi) is 4.14. The molecule has 0 radical (unpaired) electrons. The van der Waals surface area contributed by atoms with Gasteiger partial charge in [0, 0.05) is 24.7 Å². The number of hydrogen-bond acceptors (Lipinski definition) is 3. The average Bonchev–Trinajstić information content (AvgIpc) is 2.73. The number of imidazole rings is 1. The first kappa shape index (κ1) is 15.0. The summed E-state index contributed by atoms with van der Waals surface area (Å²) in [5, 5.41) is 0. The summed E-state index contributed by atoms with van der Waals surface area (Å²) in [4.78, 5) is 8.99. The van der Waals surface area contributed by atoms with Crippen molar-refractivity contribution in [3.63, 3.8) is 0 Å². The van der Waals surface area contributed by atoms with E-state index in [-0.39, 0.29) is 11.3 Å². The number of rotatable bonds is 4. The van der Waals surface area contributed by atoms with Crippen LogP contribution in [0.5, 0.6) is 0 Å². The van der Waals surface area contributed by atoms with Crippen LogP contribution in [0.1, 0.15) is 58.8 Å². The molecule has 2 aromatic rings. The minimum absolute atomic E-state index is 0.238. The van der Waals surface area contributed by atoms with Crippen LogP contribution in [-0.2, 0) is 0 Å². The molecule has 0 aliphatic carbocycles. The van der Waals surface area contributed by atoms with E-state index in [0.717, 1.165) is 23.3 Å². The Morgan fingerprint density at radius 3 is 2.55 bits per heavy atom. The summed E-state index contributed by atoms with van der Waals surface area (Å²) in [6, 6.07) is 2.41. The molecule has 0 fully saturated rings. The molecular formula is C16H26N4. The Labute approximate surface area is 121 Å². The van der Waals surface area contributed by atoms with E-state index in [0.29, 0.717) is 12.6 Å². The van der Waals surface area contributed by atoms with Crippen molar-refractivity contribution in [2.75, 3.05) is 6.54 Å². The van der Waals surface area contributed by atoms with Crippen molar-refractivity contribution in [3.05, 3.63) is 24.3 Å². The SMILES string of the molecule is CC(C)n1c(C(CN)CC(C)(C)C)nc2cnccc21. The highest BCUT2D eigenvalue weighted by Gasteiger charge is 2.25. The third-order valence-electron chi connectivity index (χ3n) is 3.54. The second kappa shape index (κ2) is 5.52. The minimum Gasteiger partial charge on any atom is -0.330 e. The van der Waals surface area contributed by atoms with E-state index in [1.807, 2.05) is 18.5 Å². The highest BCUT2D eigenvalue weighted by atomic mass is 15.1. The first-order valence-corrected chi connectivity index (χ1v) is 7.35. The molecule has 0 aromatic carbocycles. The highest BCUT2D eigenvalue weighted by molar-refractivity contribution is 5.75. The van der Waals surface area contributed by atoms with Gasteiger partial charge >= 0.3 is 0 Å². The minimum atomic E-state index is 0.238. The summed E-state index contributed by atoms with van der Waals surface area (Å²) in [6.07, 6.45) is 4.70. The van der Waals surface area contributed by atoms with Gasteiger partial charge in [0.1, 0.15) is 11.3 Å². The molecule has 20 heavy (non-hydrogen) atoms. The van der Waals surface area contributed by atoms with Gasteiger partial charge in [0.05, 0.1) is 11.7 Å². The summed E-state index contributed by atoms with van der Waals surface area (Å²) < 4.78 is 2.31. The lowest BCUT2D eigenvalue weighted by molar-refractivity contribution is 0.329. The summed E-state index contributed by atoms with van der Waals surface area (Å²) in [5.74, 6) is 1.38. The molecule has 2 N–H and O–H groups in total. The Morgan fingerprint density at radius 1 is 1.30 bits per heavy atom. The number of pyridine rings is 1. The number of fused-ring (bicyclic) bond motifs is 1. The first-order valence-electron chi connectivity index (χ1n) is 7.35. The monoisotopic (exact) mass is 274 g/mol. The molecule has 110 valence electrons. The topological polar surface area (TPSA) is 56.7 Å². The fourth-order valence-electron chi connectivity index (χ4n) is 2.82. The van der Waals surface area contributed by atoms with E-state index in [1.54, 1.807) is 0 Å². The van der Waals surface area contributed by atoms with E-state index in [1.165, 1.54) is 0 Å². The summed E-state index contributed by atoms with van der Waals surface area (Å²) in [7, 11) is 0. The second-order valence-electron chi connectivity index (χ2n) is 7.00. The van der Waals surface area contributed by atoms with Crippen LogP contribution in [0, 0.1) is 5.41 Å². The Bertz CT molecular complexity index is 578. The molecule has 1 unspecified atom stereocenters. The lowest BCUT2D eigenvalue weighted by atomic mass is 9.84. The summed E-state index contributed by atoms with van der Waals surface area (Å²) in [5.41, 5.74) is 8.38. The molecule has 0 aliphatic heterocycles. The van der Waals surface area contributed by atoms with E-state index in [9.17, 15) is 0 Å². The van der Waals surface area contributed by atoms with Crippen LogP contribution in [0.3, 0.4) is 0 Å². The lowest BCUT2D eigenvalue weighted by Gasteiger charge is -2.26. The zero-order valence-electron chi connectivity index (χ0n) is 13.2. The van der Waals surface area contributed by atoms with Crippen molar-refractivity contribution in [1.82, 2.24) is 14.5 Å². The van der Waals surface area contributed by atoms with Gasteiger partial charge in [0.15, 0.2) is 0 Å². The zero-order valence-corrected chi connectivity index (χ0v) is 13.2. The van der Waals surface area contributed by atoms with Crippen LogP contribution in [0.2, 0.25) is 0 Å². The highest BCUT2D eigenvalue weighted by Crippen LogP contribution is 2.33. The molecule has 4 nitrogen and oxygen atoms in total. The molecule has 0 amide bonds. The van der Waals surface area contributed by atoms with Crippen LogP contribution < -0.4 is 5.73 Å². The molecule has 0 bridgehead atoms. The third kappa shape index (κ3) is 3.01. The van der Waals surface area contributed by atoms with Gasteiger partial charge in [-0.1, -0.05) is 20.8 Å². The number of nitrogens with zero attached hydrogens (tertiary/aromatic N) is 3. The fourth-order valence-corrected chi connectivity index (χ4v) is 2.82. The van der Waals surface area contributed by atoms with E-state index in [2.05, 4.69) is 44.2 Å². The quantitative estimate of drug-likeness (QED) is 0.928. The Hall–Kier alpha value is -1.42. The smallest absolute Gasteiger partial charge is 0.114 e. The van der Waals surface area contributed by atoms with Gasteiger partial charge in [-0.15, -0.1) is 0 Å². The van der Waals surface area contributed by atoms with Crippen molar-refractivity contribution in [3.8, 4) is 0 Å². The molecule has 2 aromatic heterocycles. The molecular weight excluding hydrogens is 248 g/mol. The number of nitrogens with two attached hydrogens (primary N) is 1. The normalized spacial score (nSPS) is 14.2. The molecule has 0 spiro atoms. The standard InChI is InChI=1S/C16H26N4/c1-11(2)20-14-6-7-18-10-13(14)19-15(20)12(9-17)8-16(3,4)5/h6-7,10-12H,8-9,17H2,1-5H3. The van der Waals surface area contributed by atoms with Crippen molar-refractivity contribution in [1.29, 1.82) is 0 Å². The van der Waals surface area contributed by atoms with Crippen molar-refractivity contribution < 1.29 is 0 Å². The average molecular weight is 274 g/mol. The third-order valence-corrected chi connectivity index (χ3v) is 3.54. The van der Waals surface area contributed by atoms with Gasteiger partial charge in [0.2, 0.25) is 0 Å². The number of hydrogen-bond donors (Lipinski definition) is 1. The molecule has 2 heterocycles. The van der Waals surface area contributed by atoms with E-state index >= 15 is 0 Å². The van der Waals surface area contributed by atoms with E-state index < -0.39 is 0 Å². The first-order chi connectivity index (χ1) is 9.33. The largest absolute Gasteiger partial charge is 0.330 e. The van der Waals surface area contributed by atoms with Gasteiger partial charge in [-0.05, 0) is 31.7 Å². The van der Waals surface area contributed by atoms with Crippen LogP contribution in [0.15, 0.2) is 18.5 Å². The van der Waals surface area contributed by atoms with Gasteiger partial charge in [0.25, 0.3) is 0 Å². The maximum atomic E-state index is 6.03. The summed E-state index contributed by atoms with van der Waals surface area (Å²) >= 11 is 0. The van der Waals surface area contributed by atoms with Crippen LogP contribution >= 0.6 is 0 Å². The van der Waals surface area contributed by atoms with Crippen LogP contribution in [-0.4, -0.2) is 21.1 Å². The van der Waals surface area contributed by atoms with Crippen molar-refractivity contribution in [2.24, 2.45) is 11.1 Å². The number of aromatic nitrogens is 3. The predicted molar refractivity (Wildman–Crippen MR) is 83.8 cm³/mol. The molecule has 4 heteroatoms. The predicted octanol–water partition coefficient (Wildman–Crippen LogP) is 3.49. The van der Waals surface area contributed by atoms with Crippen LogP contribution in [0.4, 0.5) is 0 Å². The molecule has 0 aliphatic rings. The lowest BCUT2D eigenvalue weighted by Crippen LogP contribution is -2.23. The van der Waals surface area contributed by atoms with Gasteiger partial charge in [-0.2, -0.15) is 0 Å². The summed E-state index contributed by atoms with van der Waals surface area (Å²) in [6.45, 7) is 11.8. The van der Waals surface area contributed by atoms with Crippen molar-refractivity contribution >= 4 is 11.0 Å². The van der Waals surface area contributed by atoms with E-state index in [4.69, 9.17) is 10.7 Å². The maximum absolute atomic E-state index is 6.03. The zero-order chi connectivity index (χ0) is 14.9. The molecule has 2 rings (SSSR count). The molecule has 1 atom stereocenters. The van der Waals surface area contributed by atoms with Crippen LogP contribution in [0.25, 0.3) is 11.0 Å². The Balaban J connectivity index is 2.54. The van der Waals surface area contributed by atoms with Gasteiger partial charge in [-0.3, -0.25) is 4.98 Å². The molecule has 0 saturated carbocycles.